The third-order valence-corrected chi connectivity index (χ3v) is 4.90. The van der Waals surface area contributed by atoms with Crippen molar-refractivity contribution in [3.05, 3.63) is 33.8 Å². The van der Waals surface area contributed by atoms with Gasteiger partial charge in [-0.25, -0.2) is 0 Å². The molecule has 2 aliphatic heterocycles. The lowest BCUT2D eigenvalue weighted by atomic mass is 9.91. The predicted octanol–water partition coefficient (Wildman–Crippen LogP) is 2.77. The summed E-state index contributed by atoms with van der Waals surface area (Å²) in [7, 11) is 2.19. The second-order valence-corrected chi connectivity index (χ2v) is 6.63. The summed E-state index contributed by atoms with van der Waals surface area (Å²) in [5, 5.41) is 3.57. The van der Waals surface area contributed by atoms with Crippen LogP contribution < -0.4 is 5.32 Å². The fraction of sp³-hybridized carbons (Fsp3) is 0.600. The van der Waals surface area contributed by atoms with Gasteiger partial charge in [-0.3, -0.25) is 0 Å². The van der Waals surface area contributed by atoms with Gasteiger partial charge in [0, 0.05) is 29.5 Å². The maximum absolute atomic E-state index is 3.75. The van der Waals surface area contributed by atoms with Crippen LogP contribution >= 0.6 is 15.9 Å². The van der Waals surface area contributed by atoms with Gasteiger partial charge in [0.2, 0.25) is 0 Å². The number of halogens is 1. The first-order valence-electron chi connectivity index (χ1n) is 6.92. The van der Waals surface area contributed by atoms with E-state index in [1.165, 1.54) is 54.5 Å². The normalized spacial score (nSPS) is 25.3. The zero-order valence-electron chi connectivity index (χ0n) is 11.0. The molecular formula is C15H21BrN2. The number of likely N-dealkylation sites (tertiary alicyclic amines) is 1. The van der Waals surface area contributed by atoms with Gasteiger partial charge in [0.1, 0.15) is 0 Å². The molecule has 1 atom stereocenters. The molecule has 2 aliphatic rings. The number of nitrogens with one attached hydrogen (secondary N) is 1. The van der Waals surface area contributed by atoms with Gasteiger partial charge in [0.05, 0.1) is 0 Å². The molecule has 0 aliphatic carbocycles. The van der Waals surface area contributed by atoms with E-state index in [9.17, 15) is 0 Å². The lowest BCUT2D eigenvalue weighted by Crippen LogP contribution is -2.41. The number of benzene rings is 1. The fourth-order valence-corrected chi connectivity index (χ4v) is 3.89. The van der Waals surface area contributed by atoms with Crippen molar-refractivity contribution in [3.8, 4) is 0 Å². The van der Waals surface area contributed by atoms with Gasteiger partial charge in [-0.15, -0.1) is 0 Å². The van der Waals surface area contributed by atoms with Crippen LogP contribution in [0.2, 0.25) is 0 Å². The van der Waals surface area contributed by atoms with Crippen molar-refractivity contribution < 1.29 is 0 Å². The van der Waals surface area contributed by atoms with Crippen molar-refractivity contribution in [2.75, 3.05) is 26.7 Å². The van der Waals surface area contributed by atoms with Crippen LogP contribution in [-0.4, -0.2) is 37.6 Å². The molecule has 0 spiro atoms. The molecule has 0 aromatic heterocycles. The van der Waals surface area contributed by atoms with E-state index < -0.39 is 0 Å². The zero-order chi connectivity index (χ0) is 12.5. The minimum atomic E-state index is 0.692. The third-order valence-electron chi connectivity index (χ3n) is 4.21. The highest BCUT2D eigenvalue weighted by Gasteiger charge is 2.26. The van der Waals surface area contributed by atoms with Crippen LogP contribution in [0, 0.1) is 0 Å². The summed E-state index contributed by atoms with van der Waals surface area (Å²) in [5.41, 5.74) is 2.94. The average molecular weight is 309 g/mol. The molecule has 0 radical (unpaired) electrons. The molecule has 0 bridgehead atoms. The highest BCUT2D eigenvalue weighted by Crippen LogP contribution is 2.32. The van der Waals surface area contributed by atoms with E-state index in [4.69, 9.17) is 0 Å². The van der Waals surface area contributed by atoms with E-state index in [0.717, 1.165) is 5.92 Å². The van der Waals surface area contributed by atoms with Gasteiger partial charge in [0.15, 0.2) is 0 Å². The minimum absolute atomic E-state index is 0.692. The predicted molar refractivity (Wildman–Crippen MR) is 79.1 cm³/mol. The van der Waals surface area contributed by atoms with Crippen LogP contribution in [-0.2, 0) is 6.42 Å². The molecule has 0 saturated carbocycles. The van der Waals surface area contributed by atoms with Crippen molar-refractivity contribution in [2.24, 2.45) is 0 Å². The first-order chi connectivity index (χ1) is 8.72. The summed E-state index contributed by atoms with van der Waals surface area (Å²) in [5.74, 6) is 0.725. The molecule has 1 aromatic carbocycles. The van der Waals surface area contributed by atoms with Crippen LogP contribution in [0.15, 0.2) is 22.7 Å². The Balaban J connectivity index is 1.68. The zero-order valence-corrected chi connectivity index (χ0v) is 12.5. The van der Waals surface area contributed by atoms with Gasteiger partial charge in [-0.05, 0) is 50.0 Å². The molecule has 0 amide bonds. The molecule has 98 valence electrons. The topological polar surface area (TPSA) is 15.3 Å². The summed E-state index contributed by atoms with van der Waals surface area (Å²) in [6, 6.07) is 7.66. The van der Waals surface area contributed by atoms with Crippen molar-refractivity contribution in [3.63, 3.8) is 0 Å². The Kier molecular flexibility index (Phi) is 3.73. The lowest BCUT2D eigenvalue weighted by molar-refractivity contribution is 0.189. The SMILES string of the molecule is CN1CC(c2ccc(CC3CCCN3)cc2Br)C1. The molecule has 18 heavy (non-hydrogen) atoms. The van der Waals surface area contributed by atoms with Crippen molar-refractivity contribution in [2.45, 2.75) is 31.2 Å². The molecule has 1 unspecified atom stereocenters. The number of nitrogens with zero attached hydrogens (tertiary/aromatic N) is 1. The van der Waals surface area contributed by atoms with E-state index in [1.807, 2.05) is 0 Å². The lowest BCUT2D eigenvalue weighted by Gasteiger charge is -2.37. The summed E-state index contributed by atoms with van der Waals surface area (Å²) in [6.07, 6.45) is 3.83. The summed E-state index contributed by atoms with van der Waals surface area (Å²) in [4.78, 5) is 2.37. The van der Waals surface area contributed by atoms with Gasteiger partial charge >= 0.3 is 0 Å². The quantitative estimate of drug-likeness (QED) is 0.923. The summed E-state index contributed by atoms with van der Waals surface area (Å²) < 4.78 is 1.30. The number of hydrogen-bond acceptors (Lipinski definition) is 2. The van der Waals surface area contributed by atoms with Crippen molar-refractivity contribution in [1.82, 2.24) is 10.2 Å². The van der Waals surface area contributed by atoms with Crippen LogP contribution in [0.25, 0.3) is 0 Å². The van der Waals surface area contributed by atoms with Gasteiger partial charge < -0.3 is 10.2 Å². The molecular weight excluding hydrogens is 288 g/mol. The highest BCUT2D eigenvalue weighted by atomic mass is 79.9. The molecule has 1 aromatic rings. The van der Waals surface area contributed by atoms with Gasteiger partial charge in [-0.1, -0.05) is 28.1 Å². The van der Waals surface area contributed by atoms with Gasteiger partial charge in [-0.2, -0.15) is 0 Å². The molecule has 3 heteroatoms. The molecule has 2 heterocycles. The van der Waals surface area contributed by atoms with E-state index in [-0.39, 0.29) is 0 Å². The summed E-state index contributed by atoms with van der Waals surface area (Å²) >= 11 is 3.75. The largest absolute Gasteiger partial charge is 0.314 e. The smallest absolute Gasteiger partial charge is 0.0213 e. The Labute approximate surface area is 118 Å². The fourth-order valence-electron chi connectivity index (χ4n) is 3.14. The molecule has 3 rings (SSSR count). The molecule has 2 saturated heterocycles. The van der Waals surface area contributed by atoms with Crippen LogP contribution in [0.4, 0.5) is 0 Å². The maximum Gasteiger partial charge on any atom is 0.0213 e. The Morgan fingerprint density at radius 2 is 2.22 bits per heavy atom. The maximum atomic E-state index is 3.75. The second-order valence-electron chi connectivity index (χ2n) is 5.77. The minimum Gasteiger partial charge on any atom is -0.314 e. The van der Waals surface area contributed by atoms with E-state index in [0.29, 0.717) is 6.04 Å². The molecule has 2 fully saturated rings. The standard InChI is InChI=1S/C15H21BrN2/c1-18-9-12(10-18)14-5-4-11(8-15(14)16)7-13-3-2-6-17-13/h4-5,8,12-13,17H,2-3,6-7,9-10H2,1H3. The first-order valence-corrected chi connectivity index (χ1v) is 7.72. The van der Waals surface area contributed by atoms with Gasteiger partial charge in [0.25, 0.3) is 0 Å². The third kappa shape index (κ3) is 2.63. The van der Waals surface area contributed by atoms with Crippen LogP contribution in [0.3, 0.4) is 0 Å². The van der Waals surface area contributed by atoms with E-state index >= 15 is 0 Å². The molecule has 1 N–H and O–H groups in total. The van der Waals surface area contributed by atoms with Crippen molar-refractivity contribution >= 4 is 15.9 Å². The van der Waals surface area contributed by atoms with E-state index in [2.05, 4.69) is 51.4 Å². The Bertz CT molecular complexity index is 421. The Morgan fingerprint density at radius 1 is 1.39 bits per heavy atom. The Hall–Kier alpha value is -0.380. The monoisotopic (exact) mass is 308 g/mol. The number of rotatable bonds is 3. The number of likely N-dealkylation sites (N-methyl/N-ethyl adjacent to an activating group) is 1. The van der Waals surface area contributed by atoms with Crippen LogP contribution in [0.1, 0.15) is 29.9 Å². The number of hydrogen-bond donors (Lipinski definition) is 1. The molecule has 2 nitrogen and oxygen atoms in total. The van der Waals surface area contributed by atoms with E-state index in [1.54, 1.807) is 0 Å². The first kappa shape index (κ1) is 12.6. The Morgan fingerprint density at radius 3 is 2.83 bits per heavy atom. The highest BCUT2D eigenvalue weighted by molar-refractivity contribution is 9.10. The van der Waals surface area contributed by atoms with Crippen LogP contribution in [0.5, 0.6) is 0 Å². The summed E-state index contributed by atoms with van der Waals surface area (Å²) in [6.45, 7) is 3.59. The average Bonchev–Trinajstić information content (AvgIpc) is 2.79. The second kappa shape index (κ2) is 5.32. The van der Waals surface area contributed by atoms with Crippen molar-refractivity contribution in [1.29, 1.82) is 0 Å².